The van der Waals surface area contributed by atoms with Gasteiger partial charge in [0.15, 0.2) is 0 Å². The maximum atomic E-state index is 10.4. The van der Waals surface area contributed by atoms with Crippen LogP contribution in [-0.2, 0) is 0 Å². The van der Waals surface area contributed by atoms with E-state index in [4.69, 9.17) is 28.8 Å². The summed E-state index contributed by atoms with van der Waals surface area (Å²) in [4.78, 5) is 20.8. The number of benzene rings is 1. The van der Waals surface area contributed by atoms with E-state index >= 15 is 0 Å². The van der Waals surface area contributed by atoms with Crippen LogP contribution >= 0.6 is 0 Å². The molecule has 0 atom stereocenters. The average Bonchev–Trinajstić information content (AvgIpc) is 2.31. The predicted octanol–water partition coefficient (Wildman–Crippen LogP) is -2.41. The summed E-state index contributed by atoms with van der Waals surface area (Å²) in [5.41, 5.74) is -0.0372. The van der Waals surface area contributed by atoms with Crippen molar-refractivity contribution in [3.63, 3.8) is 0 Å². The quantitative estimate of drug-likeness (QED) is 0.469. The maximum Gasteiger partial charge on any atom is 0.335 e. The van der Waals surface area contributed by atoms with Crippen LogP contribution in [0.4, 0.5) is 0 Å². The second kappa shape index (κ2) is 12.0. The van der Waals surface area contributed by atoms with Gasteiger partial charge in [0, 0.05) is 0 Å². The Labute approximate surface area is 109 Å². The van der Waals surface area contributed by atoms with Crippen LogP contribution in [0.3, 0.4) is 0 Å². The van der Waals surface area contributed by atoms with Gasteiger partial charge in [-0.3, -0.25) is 0 Å². The highest BCUT2D eigenvalue weighted by Gasteiger charge is 2.06. The first kappa shape index (κ1) is 18.9. The molecule has 1 aromatic carbocycles. The number of carboxylic acid groups (broad SMARTS) is 2. The fraction of sp³-hybridized carbons (Fsp3) is 0. The normalized spacial score (nSPS) is 8.22. The molecule has 1 aromatic rings. The van der Waals surface area contributed by atoms with Gasteiger partial charge in [-0.15, -0.1) is 9.32 Å². The Morgan fingerprint density at radius 3 is 1.44 bits per heavy atom. The number of rotatable bonds is 2. The van der Waals surface area contributed by atoms with Crippen molar-refractivity contribution in [1.29, 1.82) is 0 Å². The highest BCUT2D eigenvalue weighted by molar-refractivity contribution is 5.93. The Hall–Kier alpha value is -1.42. The van der Waals surface area contributed by atoms with Gasteiger partial charge < -0.3 is 19.5 Å². The Morgan fingerprint density at radius 1 is 0.944 bits per heavy atom. The molecule has 0 unspecified atom stereocenters. The van der Waals surface area contributed by atoms with Crippen LogP contribution in [0.2, 0.25) is 0 Å². The van der Waals surface area contributed by atoms with Crippen molar-refractivity contribution in [2.75, 3.05) is 0 Å². The molecule has 0 saturated heterocycles. The van der Waals surface area contributed by atoms with Crippen molar-refractivity contribution in [3.8, 4) is 0 Å². The molecule has 0 aromatic heterocycles. The Bertz CT molecular complexity index is 339. The summed E-state index contributed by atoms with van der Waals surface area (Å²) >= 11 is -0.333. The lowest BCUT2D eigenvalue weighted by molar-refractivity contribution is -1.27. The summed E-state index contributed by atoms with van der Waals surface area (Å²) in [5.74, 6) is -2.25. The Kier molecular flexibility index (Phi) is 12.7. The van der Waals surface area contributed by atoms with Gasteiger partial charge in [0.05, 0.1) is 11.1 Å². The highest BCUT2D eigenvalue weighted by atomic mass is 35.6. The molecule has 0 spiro atoms. The Balaban J connectivity index is 0. The summed E-state index contributed by atoms with van der Waals surface area (Å²) in [6.07, 6.45) is 0. The molecule has 18 heavy (non-hydrogen) atoms. The third-order valence-electron chi connectivity index (χ3n) is 1.36. The van der Waals surface area contributed by atoms with Gasteiger partial charge >= 0.3 is 34.6 Å². The summed E-state index contributed by atoms with van der Waals surface area (Å²) in [6.45, 7) is 0. The van der Waals surface area contributed by atoms with Gasteiger partial charge in [-0.2, -0.15) is 0 Å². The number of hydrogen-bond donors (Lipinski definition) is 4. The van der Waals surface area contributed by atoms with Crippen LogP contribution in [0.1, 0.15) is 20.7 Å². The SMILES string of the molecule is O=C(O)c1cccc(C(=O)O)c1.[O-][Cl+]O.[O-][Cl+]O. The zero-order valence-corrected chi connectivity index (χ0v) is 10.00. The fourth-order valence-corrected chi connectivity index (χ4v) is 0.785. The van der Waals surface area contributed by atoms with Crippen LogP contribution < -0.4 is 9.32 Å². The van der Waals surface area contributed by atoms with Crippen LogP contribution in [-0.4, -0.2) is 31.5 Å². The molecule has 0 aliphatic heterocycles. The first-order valence-corrected chi connectivity index (χ1v) is 5.12. The maximum absolute atomic E-state index is 10.4. The molecule has 0 aliphatic rings. The monoisotopic (exact) mass is 302 g/mol. The molecular formula is C8H8Cl2O8. The van der Waals surface area contributed by atoms with E-state index in [1.807, 2.05) is 0 Å². The highest BCUT2D eigenvalue weighted by Crippen LogP contribution is 2.04. The van der Waals surface area contributed by atoms with Gasteiger partial charge in [0.1, 0.15) is 0 Å². The lowest BCUT2D eigenvalue weighted by Gasteiger charge is -1.95. The second-order valence-electron chi connectivity index (χ2n) is 2.33. The van der Waals surface area contributed by atoms with Crippen LogP contribution in [0.5, 0.6) is 0 Å². The van der Waals surface area contributed by atoms with Crippen molar-refractivity contribution in [2.45, 2.75) is 0 Å². The standard InChI is InChI=1S/C8H6O4.2ClHO2/c9-7(10)5-2-1-3-6(4-5)8(11)12;2*2-1-3/h1-4H,(H,9,10)(H,11,12);2*2H. The molecule has 0 bridgehead atoms. The molecular weight excluding hydrogens is 295 g/mol. The minimum atomic E-state index is -1.13. The van der Waals surface area contributed by atoms with Gasteiger partial charge in [0.2, 0.25) is 0 Å². The number of aromatic carboxylic acids is 2. The van der Waals surface area contributed by atoms with Crippen molar-refractivity contribution < 1.29 is 61.1 Å². The summed E-state index contributed by atoms with van der Waals surface area (Å²) in [7, 11) is 0. The predicted molar refractivity (Wildman–Crippen MR) is 44.8 cm³/mol. The third-order valence-corrected chi connectivity index (χ3v) is 1.36. The van der Waals surface area contributed by atoms with E-state index in [0.29, 0.717) is 0 Å². The van der Waals surface area contributed by atoms with Crippen molar-refractivity contribution in [3.05, 3.63) is 35.4 Å². The largest absolute Gasteiger partial charge is 0.506 e. The fourth-order valence-electron chi connectivity index (χ4n) is 0.785. The van der Waals surface area contributed by atoms with Gasteiger partial charge in [-0.05, 0) is 18.2 Å². The van der Waals surface area contributed by atoms with Crippen LogP contribution in [0.15, 0.2) is 24.3 Å². The molecule has 0 amide bonds. The van der Waals surface area contributed by atoms with Gasteiger partial charge in [-0.25, -0.2) is 9.59 Å². The van der Waals surface area contributed by atoms with E-state index in [0.717, 1.165) is 6.07 Å². The Morgan fingerprint density at radius 2 is 1.22 bits per heavy atom. The molecule has 10 heteroatoms. The lowest BCUT2D eigenvalue weighted by Crippen LogP contribution is -2.01. The van der Waals surface area contributed by atoms with E-state index in [2.05, 4.69) is 0 Å². The van der Waals surface area contributed by atoms with Crippen molar-refractivity contribution in [2.24, 2.45) is 0 Å². The second-order valence-corrected chi connectivity index (χ2v) is 2.61. The molecule has 0 heterocycles. The minimum absolute atomic E-state index is 0.0186. The zero-order chi connectivity index (χ0) is 14.6. The van der Waals surface area contributed by atoms with E-state index in [-0.39, 0.29) is 33.8 Å². The van der Waals surface area contributed by atoms with Gasteiger partial charge in [0.25, 0.3) is 0 Å². The number of hydrogen-bond acceptors (Lipinski definition) is 6. The summed E-state index contributed by atoms with van der Waals surface area (Å²) in [6, 6.07) is 5.20. The molecule has 0 saturated carbocycles. The molecule has 0 aliphatic carbocycles. The van der Waals surface area contributed by atoms with E-state index < -0.39 is 11.9 Å². The zero-order valence-electron chi connectivity index (χ0n) is 8.49. The van der Waals surface area contributed by atoms with E-state index in [9.17, 15) is 9.59 Å². The smallest absolute Gasteiger partial charge is 0.335 e. The van der Waals surface area contributed by atoms with Crippen LogP contribution in [0.25, 0.3) is 0 Å². The van der Waals surface area contributed by atoms with Crippen molar-refractivity contribution in [1.82, 2.24) is 0 Å². The topological polar surface area (TPSA) is 161 Å². The van der Waals surface area contributed by atoms with Gasteiger partial charge in [-0.1, -0.05) is 6.07 Å². The lowest BCUT2D eigenvalue weighted by atomic mass is 10.1. The minimum Gasteiger partial charge on any atom is -0.506 e. The molecule has 0 fully saturated rings. The molecule has 8 nitrogen and oxygen atoms in total. The number of carbonyl (C=O) groups is 2. The third kappa shape index (κ3) is 9.78. The number of halogens is 2. The molecule has 1 rings (SSSR count). The summed E-state index contributed by atoms with van der Waals surface area (Å²) in [5, 5.41) is 17.0. The van der Waals surface area contributed by atoms with E-state index in [1.165, 1.54) is 18.2 Å². The molecule has 102 valence electrons. The van der Waals surface area contributed by atoms with Crippen molar-refractivity contribution >= 4 is 11.9 Å². The van der Waals surface area contributed by atoms with Crippen LogP contribution in [0, 0.1) is 22.7 Å². The first-order valence-electron chi connectivity index (χ1n) is 3.82. The molecule has 4 N–H and O–H groups in total. The average molecular weight is 303 g/mol. The van der Waals surface area contributed by atoms with E-state index in [1.54, 1.807) is 0 Å². The number of carboxylic acids is 2. The molecule has 0 radical (unpaired) electrons. The first-order chi connectivity index (χ1) is 8.44. The summed E-state index contributed by atoms with van der Waals surface area (Å²) < 4.78 is 30.4.